The first-order valence-corrected chi connectivity index (χ1v) is 3.56. The molecule has 0 aliphatic carbocycles. The molecule has 0 fully saturated rings. The van der Waals surface area contributed by atoms with Crippen molar-refractivity contribution in [2.24, 2.45) is 0 Å². The standard InChI is InChI=1S/C6H9NS/c1-5(4-7)6(2)8-3/h1-3H3. The third kappa shape index (κ3) is 2.04. The third-order valence-electron chi connectivity index (χ3n) is 1.00. The smallest absolute Gasteiger partial charge is 0.0952 e. The van der Waals surface area contributed by atoms with E-state index >= 15 is 0 Å². The van der Waals surface area contributed by atoms with E-state index in [2.05, 4.69) is 6.07 Å². The molecule has 0 aliphatic rings. The lowest BCUT2D eigenvalue weighted by Crippen LogP contribution is -1.71. The molecule has 0 rings (SSSR count). The Balaban J connectivity index is 4.10. The van der Waals surface area contributed by atoms with E-state index in [1.54, 1.807) is 11.8 Å². The molecule has 2 heteroatoms. The molecule has 0 radical (unpaired) electrons. The molecule has 0 aromatic rings. The minimum absolute atomic E-state index is 0.817. The second-order valence-electron chi connectivity index (χ2n) is 1.50. The molecule has 1 nitrogen and oxygen atoms in total. The van der Waals surface area contributed by atoms with Gasteiger partial charge >= 0.3 is 0 Å². The van der Waals surface area contributed by atoms with Gasteiger partial charge in [0.1, 0.15) is 0 Å². The summed E-state index contributed by atoms with van der Waals surface area (Å²) in [5.74, 6) is 0. The van der Waals surface area contributed by atoms with Gasteiger partial charge in [-0.05, 0) is 25.0 Å². The molecule has 8 heavy (non-hydrogen) atoms. The van der Waals surface area contributed by atoms with E-state index < -0.39 is 0 Å². The van der Waals surface area contributed by atoms with E-state index in [1.807, 2.05) is 20.1 Å². The Morgan fingerprint density at radius 3 is 2.12 bits per heavy atom. The van der Waals surface area contributed by atoms with E-state index in [-0.39, 0.29) is 0 Å². The van der Waals surface area contributed by atoms with Crippen LogP contribution in [0.3, 0.4) is 0 Å². The van der Waals surface area contributed by atoms with Crippen LogP contribution in [-0.4, -0.2) is 6.26 Å². The van der Waals surface area contributed by atoms with Gasteiger partial charge in [-0.3, -0.25) is 0 Å². The fourth-order valence-corrected chi connectivity index (χ4v) is 0.584. The summed E-state index contributed by atoms with van der Waals surface area (Å²) in [5.41, 5.74) is 0.817. The van der Waals surface area contributed by atoms with E-state index in [1.165, 1.54) is 0 Å². The summed E-state index contributed by atoms with van der Waals surface area (Å²) in [7, 11) is 0. The zero-order valence-electron chi connectivity index (χ0n) is 5.36. The molecule has 0 spiro atoms. The Kier molecular flexibility index (Phi) is 3.38. The maximum absolute atomic E-state index is 8.32. The lowest BCUT2D eigenvalue weighted by Gasteiger charge is -1.91. The van der Waals surface area contributed by atoms with Gasteiger partial charge in [0.25, 0.3) is 0 Å². The van der Waals surface area contributed by atoms with Gasteiger partial charge in [-0.1, -0.05) is 0 Å². The first kappa shape index (κ1) is 7.58. The summed E-state index contributed by atoms with van der Waals surface area (Å²) >= 11 is 1.61. The molecule has 0 N–H and O–H groups in total. The summed E-state index contributed by atoms with van der Waals surface area (Å²) in [5, 5.41) is 8.32. The van der Waals surface area contributed by atoms with Crippen molar-refractivity contribution >= 4 is 11.8 Å². The number of nitrogens with zero attached hydrogens (tertiary/aromatic N) is 1. The highest BCUT2D eigenvalue weighted by molar-refractivity contribution is 8.02. The topological polar surface area (TPSA) is 23.8 Å². The Labute approximate surface area is 54.4 Å². The molecule has 0 bridgehead atoms. The highest BCUT2D eigenvalue weighted by atomic mass is 32.2. The first-order valence-electron chi connectivity index (χ1n) is 2.34. The van der Waals surface area contributed by atoms with E-state index in [0.29, 0.717) is 0 Å². The number of nitriles is 1. The van der Waals surface area contributed by atoms with Gasteiger partial charge in [0.2, 0.25) is 0 Å². The second-order valence-corrected chi connectivity index (χ2v) is 2.52. The van der Waals surface area contributed by atoms with E-state index in [0.717, 1.165) is 10.5 Å². The maximum atomic E-state index is 8.32. The number of hydrogen-bond acceptors (Lipinski definition) is 2. The molecular weight excluding hydrogens is 118 g/mol. The second kappa shape index (κ2) is 3.57. The van der Waals surface area contributed by atoms with Crippen LogP contribution in [0.4, 0.5) is 0 Å². The normalized spacial score (nSPS) is 12.2. The molecule has 0 saturated carbocycles. The highest BCUT2D eigenvalue weighted by Gasteiger charge is 1.89. The van der Waals surface area contributed by atoms with Crippen LogP contribution in [0, 0.1) is 11.3 Å². The number of rotatable bonds is 1. The van der Waals surface area contributed by atoms with Gasteiger partial charge in [0, 0.05) is 5.57 Å². The number of thioether (sulfide) groups is 1. The van der Waals surface area contributed by atoms with Crippen LogP contribution >= 0.6 is 11.8 Å². The molecular formula is C6H9NS. The quantitative estimate of drug-likeness (QED) is 0.504. The SMILES string of the molecule is CSC(C)=C(C)C#N. The highest BCUT2D eigenvalue weighted by Crippen LogP contribution is 2.13. The lowest BCUT2D eigenvalue weighted by molar-refractivity contribution is 1.41. The molecule has 0 unspecified atom stereocenters. The summed E-state index contributed by atoms with van der Waals surface area (Å²) in [6.07, 6.45) is 1.97. The molecule has 44 valence electrons. The van der Waals surface area contributed by atoms with Crippen molar-refractivity contribution in [2.45, 2.75) is 13.8 Å². The van der Waals surface area contributed by atoms with Crippen LogP contribution < -0.4 is 0 Å². The van der Waals surface area contributed by atoms with Crippen LogP contribution in [0.2, 0.25) is 0 Å². The number of allylic oxidation sites excluding steroid dienone is 2. The summed E-state index contributed by atoms with van der Waals surface area (Å²) in [4.78, 5) is 1.10. The molecule has 0 saturated heterocycles. The van der Waals surface area contributed by atoms with Crippen molar-refractivity contribution in [1.29, 1.82) is 5.26 Å². The summed E-state index contributed by atoms with van der Waals surface area (Å²) in [6.45, 7) is 3.77. The zero-order chi connectivity index (χ0) is 6.57. The summed E-state index contributed by atoms with van der Waals surface area (Å²) < 4.78 is 0. The molecule has 0 amide bonds. The Morgan fingerprint density at radius 2 is 2.00 bits per heavy atom. The van der Waals surface area contributed by atoms with Gasteiger partial charge in [0.05, 0.1) is 6.07 Å². The molecule has 0 aromatic heterocycles. The van der Waals surface area contributed by atoms with E-state index in [4.69, 9.17) is 5.26 Å². The minimum atomic E-state index is 0.817. The Bertz CT molecular complexity index is 141. The predicted molar refractivity (Wildman–Crippen MR) is 37.5 cm³/mol. The minimum Gasteiger partial charge on any atom is -0.193 e. The molecule has 0 aromatic carbocycles. The monoisotopic (exact) mass is 127 g/mol. The Hall–Kier alpha value is -0.420. The van der Waals surface area contributed by atoms with Crippen LogP contribution in [0.25, 0.3) is 0 Å². The van der Waals surface area contributed by atoms with Gasteiger partial charge < -0.3 is 0 Å². The van der Waals surface area contributed by atoms with Gasteiger partial charge in [-0.25, -0.2) is 0 Å². The van der Waals surface area contributed by atoms with Gasteiger partial charge in [-0.15, -0.1) is 11.8 Å². The van der Waals surface area contributed by atoms with Gasteiger partial charge in [-0.2, -0.15) is 5.26 Å². The average Bonchev–Trinajstić information content (AvgIpc) is 1.84. The molecule has 0 atom stereocenters. The fraction of sp³-hybridized carbons (Fsp3) is 0.500. The van der Waals surface area contributed by atoms with Crippen LogP contribution in [0.15, 0.2) is 10.5 Å². The average molecular weight is 127 g/mol. The van der Waals surface area contributed by atoms with Crippen LogP contribution in [0.1, 0.15) is 13.8 Å². The van der Waals surface area contributed by atoms with Crippen molar-refractivity contribution in [2.75, 3.05) is 6.26 Å². The summed E-state index contributed by atoms with van der Waals surface area (Å²) in [6, 6.07) is 2.07. The van der Waals surface area contributed by atoms with Crippen LogP contribution in [0.5, 0.6) is 0 Å². The predicted octanol–water partition coefficient (Wildman–Crippen LogP) is 2.17. The lowest BCUT2D eigenvalue weighted by atomic mass is 10.3. The maximum Gasteiger partial charge on any atom is 0.0952 e. The van der Waals surface area contributed by atoms with Crippen molar-refractivity contribution in [3.05, 3.63) is 10.5 Å². The largest absolute Gasteiger partial charge is 0.193 e. The third-order valence-corrected chi connectivity index (χ3v) is 1.92. The van der Waals surface area contributed by atoms with Crippen molar-refractivity contribution in [3.63, 3.8) is 0 Å². The van der Waals surface area contributed by atoms with Crippen molar-refractivity contribution in [1.82, 2.24) is 0 Å². The number of hydrogen-bond donors (Lipinski definition) is 0. The Morgan fingerprint density at radius 1 is 1.50 bits per heavy atom. The zero-order valence-corrected chi connectivity index (χ0v) is 6.17. The molecule has 0 heterocycles. The van der Waals surface area contributed by atoms with E-state index in [9.17, 15) is 0 Å². The first-order chi connectivity index (χ1) is 3.72. The van der Waals surface area contributed by atoms with Crippen molar-refractivity contribution < 1.29 is 0 Å². The van der Waals surface area contributed by atoms with Crippen molar-refractivity contribution in [3.8, 4) is 6.07 Å². The van der Waals surface area contributed by atoms with Crippen LogP contribution in [-0.2, 0) is 0 Å². The molecule has 0 aliphatic heterocycles. The van der Waals surface area contributed by atoms with Gasteiger partial charge in [0.15, 0.2) is 0 Å². The fourth-order valence-electron chi connectivity index (χ4n) is 0.232.